The van der Waals surface area contributed by atoms with Gasteiger partial charge in [0.2, 0.25) is 5.91 Å². The van der Waals surface area contributed by atoms with E-state index in [-0.39, 0.29) is 18.1 Å². The van der Waals surface area contributed by atoms with E-state index in [4.69, 9.17) is 0 Å². The standard InChI is InChI=1S/C14H12BrNO2/c15-11-5-7-12(8-6-11)16-14(18)9-10-3-1-2-4-13(10)17/h1-8,17H,9H2,(H,16,18). The largest absolute Gasteiger partial charge is 0.508 e. The number of amides is 1. The molecule has 1 amide bonds. The SMILES string of the molecule is O=C(Cc1ccccc1O)Nc1ccc(Br)cc1. The molecule has 2 aromatic carbocycles. The predicted octanol–water partition coefficient (Wildman–Crippen LogP) is 3.34. The Hall–Kier alpha value is -1.81. The van der Waals surface area contributed by atoms with Crippen LogP contribution >= 0.6 is 15.9 Å². The molecule has 2 rings (SSSR count). The lowest BCUT2D eigenvalue weighted by molar-refractivity contribution is -0.115. The highest BCUT2D eigenvalue weighted by Crippen LogP contribution is 2.18. The van der Waals surface area contributed by atoms with Crippen LogP contribution in [0.25, 0.3) is 0 Å². The van der Waals surface area contributed by atoms with Crippen LogP contribution in [0.4, 0.5) is 5.69 Å². The number of halogens is 1. The number of aromatic hydroxyl groups is 1. The highest BCUT2D eigenvalue weighted by Gasteiger charge is 2.07. The van der Waals surface area contributed by atoms with Crippen LogP contribution in [0.15, 0.2) is 53.0 Å². The van der Waals surface area contributed by atoms with Crippen LogP contribution in [0.2, 0.25) is 0 Å². The minimum absolute atomic E-state index is 0.142. The molecule has 2 N–H and O–H groups in total. The fraction of sp³-hybridized carbons (Fsp3) is 0.0714. The molecule has 0 saturated heterocycles. The first-order chi connectivity index (χ1) is 8.65. The lowest BCUT2D eigenvalue weighted by atomic mass is 10.1. The lowest BCUT2D eigenvalue weighted by Crippen LogP contribution is -2.14. The Labute approximate surface area is 114 Å². The molecule has 18 heavy (non-hydrogen) atoms. The van der Waals surface area contributed by atoms with Crippen molar-refractivity contribution in [3.63, 3.8) is 0 Å². The molecule has 0 aliphatic rings. The number of benzene rings is 2. The molecule has 3 nitrogen and oxygen atoms in total. The predicted molar refractivity (Wildman–Crippen MR) is 74.6 cm³/mol. The van der Waals surface area contributed by atoms with Gasteiger partial charge < -0.3 is 10.4 Å². The minimum atomic E-state index is -0.154. The molecule has 0 atom stereocenters. The zero-order valence-corrected chi connectivity index (χ0v) is 11.1. The Balaban J connectivity index is 2.01. The van der Waals surface area contributed by atoms with Crippen LogP contribution in [0, 0.1) is 0 Å². The number of carbonyl (C=O) groups is 1. The molecule has 0 aliphatic heterocycles. The number of hydrogen-bond acceptors (Lipinski definition) is 2. The number of hydrogen-bond donors (Lipinski definition) is 2. The fourth-order valence-corrected chi connectivity index (χ4v) is 1.84. The minimum Gasteiger partial charge on any atom is -0.508 e. The molecule has 0 unspecified atom stereocenters. The van der Waals surface area contributed by atoms with E-state index < -0.39 is 0 Å². The van der Waals surface area contributed by atoms with Crippen molar-refractivity contribution >= 4 is 27.5 Å². The molecule has 0 aromatic heterocycles. The van der Waals surface area contributed by atoms with Gasteiger partial charge in [-0.1, -0.05) is 34.1 Å². The Morgan fingerprint density at radius 1 is 1.11 bits per heavy atom. The van der Waals surface area contributed by atoms with Crippen LogP contribution in [0.3, 0.4) is 0 Å². The highest BCUT2D eigenvalue weighted by molar-refractivity contribution is 9.10. The van der Waals surface area contributed by atoms with Crippen LogP contribution in [0.1, 0.15) is 5.56 Å². The summed E-state index contributed by atoms with van der Waals surface area (Å²) in [6.45, 7) is 0. The number of nitrogens with one attached hydrogen (secondary N) is 1. The summed E-state index contributed by atoms with van der Waals surface area (Å²) in [6.07, 6.45) is 0.155. The van der Waals surface area contributed by atoms with E-state index in [1.165, 1.54) is 0 Å². The molecule has 0 aliphatic carbocycles. The summed E-state index contributed by atoms with van der Waals surface area (Å²) >= 11 is 3.33. The van der Waals surface area contributed by atoms with Crippen molar-refractivity contribution in [1.82, 2.24) is 0 Å². The Bertz CT molecular complexity index is 552. The Morgan fingerprint density at radius 2 is 1.78 bits per heavy atom. The van der Waals surface area contributed by atoms with Crippen LogP contribution in [0.5, 0.6) is 5.75 Å². The summed E-state index contributed by atoms with van der Waals surface area (Å²) in [7, 11) is 0. The summed E-state index contributed by atoms with van der Waals surface area (Å²) in [5.74, 6) is -0.0118. The summed E-state index contributed by atoms with van der Waals surface area (Å²) in [4.78, 5) is 11.8. The Morgan fingerprint density at radius 3 is 2.44 bits per heavy atom. The molecule has 0 heterocycles. The van der Waals surface area contributed by atoms with Crippen LogP contribution in [-0.4, -0.2) is 11.0 Å². The van der Waals surface area contributed by atoms with Crippen molar-refractivity contribution in [3.05, 3.63) is 58.6 Å². The average molecular weight is 306 g/mol. The fourth-order valence-electron chi connectivity index (χ4n) is 1.57. The van der Waals surface area contributed by atoms with Crippen LogP contribution < -0.4 is 5.32 Å². The number of para-hydroxylation sites is 1. The monoisotopic (exact) mass is 305 g/mol. The number of anilines is 1. The third-order valence-electron chi connectivity index (χ3n) is 2.47. The van der Waals surface area contributed by atoms with Gasteiger partial charge in [-0.05, 0) is 30.3 Å². The van der Waals surface area contributed by atoms with E-state index in [1.54, 1.807) is 24.3 Å². The summed E-state index contributed by atoms with van der Waals surface area (Å²) in [5.41, 5.74) is 1.35. The maximum absolute atomic E-state index is 11.8. The third kappa shape index (κ3) is 3.34. The highest BCUT2D eigenvalue weighted by atomic mass is 79.9. The zero-order valence-electron chi connectivity index (χ0n) is 9.56. The second-order valence-corrected chi connectivity index (χ2v) is 4.78. The van der Waals surface area contributed by atoms with Crippen molar-refractivity contribution < 1.29 is 9.90 Å². The van der Waals surface area contributed by atoms with E-state index in [0.717, 1.165) is 10.2 Å². The first kappa shape index (κ1) is 12.6. The van der Waals surface area contributed by atoms with Gasteiger partial charge in [0.05, 0.1) is 6.42 Å². The number of carbonyl (C=O) groups excluding carboxylic acids is 1. The molecule has 0 saturated carbocycles. The summed E-state index contributed by atoms with van der Waals surface area (Å²) < 4.78 is 0.959. The topological polar surface area (TPSA) is 49.3 Å². The van der Waals surface area contributed by atoms with Crippen molar-refractivity contribution in [3.8, 4) is 5.75 Å². The molecule has 0 spiro atoms. The second kappa shape index (κ2) is 5.69. The third-order valence-corrected chi connectivity index (χ3v) is 3.00. The number of phenolic OH excluding ortho intramolecular Hbond substituents is 1. The zero-order chi connectivity index (χ0) is 13.0. The van der Waals surface area contributed by atoms with Gasteiger partial charge >= 0.3 is 0 Å². The average Bonchev–Trinajstić information content (AvgIpc) is 2.35. The maximum atomic E-state index is 11.8. The van der Waals surface area contributed by atoms with E-state index in [1.807, 2.05) is 24.3 Å². The van der Waals surface area contributed by atoms with Crippen molar-refractivity contribution in [1.29, 1.82) is 0 Å². The quantitative estimate of drug-likeness (QED) is 0.914. The lowest BCUT2D eigenvalue weighted by Gasteiger charge is -2.06. The van der Waals surface area contributed by atoms with Crippen LogP contribution in [-0.2, 0) is 11.2 Å². The van der Waals surface area contributed by atoms with Gasteiger partial charge in [0.15, 0.2) is 0 Å². The first-order valence-electron chi connectivity index (χ1n) is 5.47. The number of phenols is 1. The first-order valence-corrected chi connectivity index (χ1v) is 6.27. The van der Waals surface area contributed by atoms with Gasteiger partial charge in [-0.2, -0.15) is 0 Å². The summed E-state index contributed by atoms with van der Waals surface area (Å²) in [6, 6.07) is 14.2. The van der Waals surface area contributed by atoms with Gasteiger partial charge in [-0.3, -0.25) is 4.79 Å². The van der Waals surface area contributed by atoms with E-state index in [2.05, 4.69) is 21.2 Å². The molecule has 92 valence electrons. The Kier molecular flexibility index (Phi) is 3.99. The van der Waals surface area contributed by atoms with E-state index >= 15 is 0 Å². The second-order valence-electron chi connectivity index (χ2n) is 3.86. The van der Waals surface area contributed by atoms with Crippen molar-refractivity contribution in [2.45, 2.75) is 6.42 Å². The molecular weight excluding hydrogens is 294 g/mol. The molecular formula is C14H12BrNO2. The number of rotatable bonds is 3. The maximum Gasteiger partial charge on any atom is 0.228 e. The van der Waals surface area contributed by atoms with Crippen molar-refractivity contribution in [2.24, 2.45) is 0 Å². The summed E-state index contributed by atoms with van der Waals surface area (Å²) in [5, 5.41) is 12.3. The molecule has 2 aromatic rings. The molecule has 0 bridgehead atoms. The van der Waals surface area contributed by atoms with Gasteiger partial charge in [0.25, 0.3) is 0 Å². The molecule has 0 radical (unpaired) electrons. The van der Waals surface area contributed by atoms with Gasteiger partial charge in [-0.25, -0.2) is 0 Å². The normalized spacial score (nSPS) is 10.1. The molecule has 0 fully saturated rings. The van der Waals surface area contributed by atoms with Gasteiger partial charge in [0.1, 0.15) is 5.75 Å². The van der Waals surface area contributed by atoms with Gasteiger partial charge in [0, 0.05) is 15.7 Å². The van der Waals surface area contributed by atoms with Gasteiger partial charge in [-0.15, -0.1) is 0 Å². The van der Waals surface area contributed by atoms with E-state index in [0.29, 0.717) is 5.56 Å². The van der Waals surface area contributed by atoms with Crippen molar-refractivity contribution in [2.75, 3.05) is 5.32 Å². The van der Waals surface area contributed by atoms with E-state index in [9.17, 15) is 9.90 Å². The smallest absolute Gasteiger partial charge is 0.228 e. The molecule has 4 heteroatoms.